The van der Waals surface area contributed by atoms with Crippen molar-refractivity contribution in [3.8, 4) is 11.5 Å². The quantitative estimate of drug-likeness (QED) is 0.537. The van der Waals surface area contributed by atoms with Gasteiger partial charge >= 0.3 is 0 Å². The van der Waals surface area contributed by atoms with E-state index in [1.165, 1.54) is 6.07 Å². The molecular formula is C10H12N2O2. The van der Waals surface area contributed by atoms with Crippen molar-refractivity contribution in [2.75, 3.05) is 6.54 Å². The van der Waals surface area contributed by atoms with E-state index in [1.807, 2.05) is 6.20 Å². The van der Waals surface area contributed by atoms with Gasteiger partial charge in [-0.25, -0.2) is 0 Å². The van der Waals surface area contributed by atoms with E-state index >= 15 is 0 Å². The summed E-state index contributed by atoms with van der Waals surface area (Å²) >= 11 is 0. The third-order valence-corrected chi connectivity index (χ3v) is 2.28. The molecule has 0 aliphatic carbocycles. The van der Waals surface area contributed by atoms with Gasteiger partial charge in [-0.1, -0.05) is 0 Å². The van der Waals surface area contributed by atoms with Crippen LogP contribution in [0, 0.1) is 0 Å². The molecule has 4 heteroatoms. The van der Waals surface area contributed by atoms with Crippen LogP contribution in [-0.4, -0.2) is 21.7 Å². The second-order valence-electron chi connectivity index (χ2n) is 3.24. The Morgan fingerprint density at radius 2 is 1.93 bits per heavy atom. The zero-order valence-electron chi connectivity index (χ0n) is 7.62. The van der Waals surface area contributed by atoms with E-state index in [2.05, 4.69) is 4.98 Å². The maximum atomic E-state index is 9.33. The highest BCUT2D eigenvalue weighted by Crippen LogP contribution is 2.31. The van der Waals surface area contributed by atoms with Crippen molar-refractivity contribution in [1.29, 1.82) is 0 Å². The van der Waals surface area contributed by atoms with E-state index < -0.39 is 0 Å². The summed E-state index contributed by atoms with van der Waals surface area (Å²) < 4.78 is 0. The number of benzene rings is 1. The standard InChI is InChI=1S/C10H12N2O2/c11-2-1-6-5-12-8-4-10(14)9(13)3-7(6)8/h3-5,12-14H,1-2,11H2. The molecular weight excluding hydrogens is 180 g/mol. The van der Waals surface area contributed by atoms with E-state index in [9.17, 15) is 10.2 Å². The number of hydrogen-bond donors (Lipinski definition) is 4. The average molecular weight is 192 g/mol. The molecule has 2 aromatic rings. The van der Waals surface area contributed by atoms with Crippen LogP contribution in [-0.2, 0) is 6.42 Å². The number of rotatable bonds is 2. The van der Waals surface area contributed by atoms with Crippen molar-refractivity contribution in [2.24, 2.45) is 5.73 Å². The lowest BCUT2D eigenvalue weighted by molar-refractivity contribution is 0.405. The van der Waals surface area contributed by atoms with Gasteiger partial charge in [0.25, 0.3) is 0 Å². The third-order valence-electron chi connectivity index (χ3n) is 2.28. The molecule has 4 nitrogen and oxygen atoms in total. The number of phenolic OH excluding ortho intramolecular Hbond substituents is 2. The number of aromatic hydroxyl groups is 2. The molecule has 0 radical (unpaired) electrons. The second kappa shape index (κ2) is 3.23. The van der Waals surface area contributed by atoms with Crippen LogP contribution in [0.4, 0.5) is 0 Å². The molecule has 0 spiro atoms. The van der Waals surface area contributed by atoms with Crippen LogP contribution in [0.1, 0.15) is 5.56 Å². The summed E-state index contributed by atoms with van der Waals surface area (Å²) in [5.41, 5.74) is 7.32. The molecule has 0 saturated carbocycles. The molecule has 1 aromatic heterocycles. The fourth-order valence-electron chi connectivity index (χ4n) is 1.57. The zero-order chi connectivity index (χ0) is 10.1. The van der Waals surface area contributed by atoms with Gasteiger partial charge in [-0.2, -0.15) is 0 Å². The lowest BCUT2D eigenvalue weighted by Crippen LogP contribution is -2.01. The van der Waals surface area contributed by atoms with E-state index in [0.29, 0.717) is 6.54 Å². The highest BCUT2D eigenvalue weighted by atomic mass is 16.3. The van der Waals surface area contributed by atoms with Gasteiger partial charge in [-0.15, -0.1) is 0 Å². The Hall–Kier alpha value is -1.68. The van der Waals surface area contributed by atoms with Gasteiger partial charge in [0.15, 0.2) is 11.5 Å². The molecule has 0 aliphatic rings. The van der Waals surface area contributed by atoms with E-state index in [-0.39, 0.29) is 11.5 Å². The van der Waals surface area contributed by atoms with Gasteiger partial charge in [0.1, 0.15) is 0 Å². The minimum Gasteiger partial charge on any atom is -0.504 e. The number of fused-ring (bicyclic) bond motifs is 1. The van der Waals surface area contributed by atoms with Crippen molar-refractivity contribution >= 4 is 10.9 Å². The lowest BCUT2D eigenvalue weighted by Gasteiger charge is -1.99. The predicted molar refractivity (Wildman–Crippen MR) is 54.4 cm³/mol. The second-order valence-corrected chi connectivity index (χ2v) is 3.24. The summed E-state index contributed by atoms with van der Waals surface area (Å²) in [5, 5.41) is 19.5. The molecule has 0 aliphatic heterocycles. The summed E-state index contributed by atoms with van der Waals surface area (Å²) in [5.74, 6) is -0.214. The highest BCUT2D eigenvalue weighted by Gasteiger charge is 2.07. The smallest absolute Gasteiger partial charge is 0.159 e. The molecule has 1 aromatic carbocycles. The number of aromatic amines is 1. The Morgan fingerprint density at radius 1 is 1.21 bits per heavy atom. The normalized spacial score (nSPS) is 10.9. The average Bonchev–Trinajstić information content (AvgIpc) is 2.51. The maximum Gasteiger partial charge on any atom is 0.159 e. The first-order valence-corrected chi connectivity index (χ1v) is 4.44. The van der Waals surface area contributed by atoms with Gasteiger partial charge < -0.3 is 20.9 Å². The molecule has 2 rings (SSSR count). The summed E-state index contributed by atoms with van der Waals surface area (Å²) in [4.78, 5) is 3.01. The van der Waals surface area contributed by atoms with Crippen molar-refractivity contribution in [1.82, 2.24) is 4.98 Å². The van der Waals surface area contributed by atoms with Crippen LogP contribution < -0.4 is 5.73 Å². The van der Waals surface area contributed by atoms with Crippen molar-refractivity contribution < 1.29 is 10.2 Å². The van der Waals surface area contributed by atoms with Gasteiger partial charge in [-0.05, 0) is 24.6 Å². The summed E-state index contributed by atoms with van der Waals surface area (Å²) in [6.45, 7) is 0.564. The Morgan fingerprint density at radius 3 is 2.64 bits per heavy atom. The number of nitrogens with one attached hydrogen (secondary N) is 1. The number of aromatic nitrogens is 1. The Kier molecular flexibility index (Phi) is 2.05. The van der Waals surface area contributed by atoms with E-state index in [1.54, 1.807) is 6.07 Å². The molecule has 5 N–H and O–H groups in total. The van der Waals surface area contributed by atoms with Crippen LogP contribution >= 0.6 is 0 Å². The number of nitrogens with two attached hydrogens (primary N) is 1. The van der Waals surface area contributed by atoms with Crippen LogP contribution in [0.5, 0.6) is 11.5 Å². The van der Waals surface area contributed by atoms with E-state index in [4.69, 9.17) is 5.73 Å². The number of phenols is 2. The fourth-order valence-corrected chi connectivity index (χ4v) is 1.57. The summed E-state index contributed by atoms with van der Waals surface area (Å²) in [6.07, 6.45) is 2.60. The van der Waals surface area contributed by atoms with Crippen LogP contribution in [0.15, 0.2) is 18.3 Å². The Bertz CT molecular complexity index is 462. The number of H-pyrrole nitrogens is 1. The Labute approximate surface area is 81.0 Å². The topological polar surface area (TPSA) is 82.3 Å². The van der Waals surface area contributed by atoms with Crippen LogP contribution in [0.25, 0.3) is 10.9 Å². The van der Waals surface area contributed by atoms with Crippen LogP contribution in [0.2, 0.25) is 0 Å². The Balaban J connectivity index is 2.61. The van der Waals surface area contributed by atoms with Crippen molar-refractivity contribution in [3.05, 3.63) is 23.9 Å². The maximum absolute atomic E-state index is 9.33. The molecule has 0 amide bonds. The SMILES string of the molecule is NCCc1c[nH]c2cc(O)c(O)cc12. The van der Waals surface area contributed by atoms with Gasteiger partial charge in [0.2, 0.25) is 0 Å². The van der Waals surface area contributed by atoms with Crippen molar-refractivity contribution in [2.45, 2.75) is 6.42 Å². The molecule has 0 atom stereocenters. The highest BCUT2D eigenvalue weighted by molar-refractivity contribution is 5.86. The minimum atomic E-state index is -0.112. The van der Waals surface area contributed by atoms with Crippen molar-refractivity contribution in [3.63, 3.8) is 0 Å². The van der Waals surface area contributed by atoms with Crippen LogP contribution in [0.3, 0.4) is 0 Å². The molecule has 74 valence electrons. The van der Waals surface area contributed by atoms with Gasteiger partial charge in [0.05, 0.1) is 0 Å². The molecule has 0 unspecified atom stereocenters. The molecule has 1 heterocycles. The summed E-state index contributed by atoms with van der Waals surface area (Å²) in [6, 6.07) is 3.05. The van der Waals surface area contributed by atoms with E-state index in [0.717, 1.165) is 22.9 Å². The predicted octanol–water partition coefficient (Wildman–Crippen LogP) is 1.08. The lowest BCUT2D eigenvalue weighted by atomic mass is 10.1. The number of hydrogen-bond acceptors (Lipinski definition) is 3. The first-order chi connectivity index (χ1) is 6.72. The van der Waals surface area contributed by atoms with Gasteiger partial charge in [0, 0.05) is 23.2 Å². The fraction of sp³-hybridized carbons (Fsp3) is 0.200. The molecule has 0 saturated heterocycles. The zero-order valence-corrected chi connectivity index (χ0v) is 7.62. The summed E-state index contributed by atoms with van der Waals surface area (Å²) in [7, 11) is 0. The molecule has 14 heavy (non-hydrogen) atoms. The largest absolute Gasteiger partial charge is 0.504 e. The first kappa shape index (κ1) is 8.90. The van der Waals surface area contributed by atoms with Gasteiger partial charge in [-0.3, -0.25) is 0 Å². The third kappa shape index (κ3) is 1.29. The molecule has 0 bridgehead atoms. The minimum absolute atomic E-state index is 0.102. The molecule has 0 fully saturated rings. The first-order valence-electron chi connectivity index (χ1n) is 4.44. The monoisotopic (exact) mass is 192 g/mol.